The van der Waals surface area contributed by atoms with E-state index in [4.69, 9.17) is 10.4 Å². The Morgan fingerprint density at radius 3 is 2.40 bits per heavy atom. The van der Waals surface area contributed by atoms with E-state index in [-0.39, 0.29) is 5.75 Å². The van der Waals surface area contributed by atoms with Gasteiger partial charge in [-0.3, -0.25) is 4.79 Å². The number of nitrogens with zero attached hydrogens (tertiary/aromatic N) is 1. The fraction of sp³-hybridized carbons (Fsp3) is 0.429. The molecule has 0 bridgehead atoms. The zero-order valence-corrected chi connectivity index (χ0v) is 12.4. The first-order chi connectivity index (χ1) is 9.19. The highest BCUT2D eigenvalue weighted by Gasteiger charge is 2.35. The van der Waals surface area contributed by atoms with Crippen LogP contribution in [0.2, 0.25) is 0 Å². The van der Waals surface area contributed by atoms with Gasteiger partial charge in [0, 0.05) is 0 Å². The Hall–Kier alpha value is -1.87. The van der Waals surface area contributed by atoms with Crippen molar-refractivity contribution >= 4 is 15.8 Å². The summed E-state index contributed by atoms with van der Waals surface area (Å²) in [4.78, 5) is 11.1. The van der Waals surface area contributed by atoms with Crippen molar-refractivity contribution in [3.63, 3.8) is 0 Å². The molecule has 1 unspecified atom stereocenters. The maximum Gasteiger partial charge on any atom is 0.322 e. The van der Waals surface area contributed by atoms with Crippen molar-refractivity contribution in [3.8, 4) is 6.07 Å². The van der Waals surface area contributed by atoms with Crippen molar-refractivity contribution in [2.24, 2.45) is 5.92 Å². The van der Waals surface area contributed by atoms with Crippen LogP contribution in [-0.2, 0) is 20.4 Å². The van der Waals surface area contributed by atoms with Crippen LogP contribution in [0.25, 0.3) is 0 Å². The second-order valence-corrected chi connectivity index (χ2v) is 7.19. The number of nitriles is 1. The summed E-state index contributed by atoms with van der Waals surface area (Å²) in [6.45, 7) is 4.85. The molecule has 0 saturated heterocycles. The van der Waals surface area contributed by atoms with Crippen LogP contribution in [0.15, 0.2) is 18.2 Å². The largest absolute Gasteiger partial charge is 0.480 e. The number of hydrogen-bond acceptors (Lipinski definition) is 4. The zero-order valence-electron chi connectivity index (χ0n) is 11.6. The molecule has 0 aliphatic rings. The Morgan fingerprint density at radius 1 is 1.40 bits per heavy atom. The third-order valence-electron chi connectivity index (χ3n) is 3.06. The predicted molar refractivity (Wildman–Crippen MR) is 74.8 cm³/mol. The lowest BCUT2D eigenvalue weighted by molar-refractivity contribution is -0.137. The van der Waals surface area contributed by atoms with E-state index < -0.39 is 27.0 Å². The van der Waals surface area contributed by atoms with Crippen molar-refractivity contribution in [1.82, 2.24) is 0 Å². The van der Waals surface area contributed by atoms with Gasteiger partial charge in [0.15, 0.2) is 15.1 Å². The first-order valence-corrected chi connectivity index (χ1v) is 7.84. The minimum atomic E-state index is -3.80. The van der Waals surface area contributed by atoms with Crippen LogP contribution in [0, 0.1) is 24.2 Å². The first-order valence-electron chi connectivity index (χ1n) is 6.13. The van der Waals surface area contributed by atoms with Crippen molar-refractivity contribution in [3.05, 3.63) is 34.9 Å². The topological polar surface area (TPSA) is 95.2 Å². The monoisotopic (exact) mass is 295 g/mol. The lowest BCUT2D eigenvalue weighted by atomic mass is 10.1. The van der Waals surface area contributed by atoms with Gasteiger partial charge in [-0.1, -0.05) is 19.9 Å². The highest BCUT2D eigenvalue weighted by molar-refractivity contribution is 7.92. The Labute approximate surface area is 118 Å². The van der Waals surface area contributed by atoms with Crippen molar-refractivity contribution < 1.29 is 18.3 Å². The Balaban J connectivity index is 3.14. The van der Waals surface area contributed by atoms with Gasteiger partial charge in [0.1, 0.15) is 0 Å². The quantitative estimate of drug-likeness (QED) is 0.895. The maximum absolute atomic E-state index is 12.2. The smallest absolute Gasteiger partial charge is 0.322 e. The number of aliphatic carboxylic acids is 1. The second-order valence-electron chi connectivity index (χ2n) is 5.06. The lowest BCUT2D eigenvalue weighted by Crippen LogP contribution is -2.35. The summed E-state index contributed by atoms with van der Waals surface area (Å²) in [5, 5.41) is 16.4. The third kappa shape index (κ3) is 3.58. The molecular weight excluding hydrogens is 278 g/mol. The number of hydrogen-bond donors (Lipinski definition) is 1. The van der Waals surface area contributed by atoms with E-state index in [1.807, 2.05) is 6.07 Å². The average Bonchev–Trinajstić information content (AvgIpc) is 2.29. The summed E-state index contributed by atoms with van der Waals surface area (Å²) in [6, 6.07) is 6.66. The Bertz CT molecular complexity index is 656. The summed E-state index contributed by atoms with van der Waals surface area (Å²) in [5.74, 6) is -2.16. The molecule has 108 valence electrons. The van der Waals surface area contributed by atoms with Gasteiger partial charge in [0.05, 0.1) is 17.4 Å². The molecule has 0 amide bonds. The Morgan fingerprint density at radius 2 is 2.00 bits per heavy atom. The fourth-order valence-corrected chi connectivity index (χ4v) is 4.16. The number of benzene rings is 1. The number of carboxylic acids is 1. The summed E-state index contributed by atoms with van der Waals surface area (Å²) >= 11 is 0. The zero-order chi connectivity index (χ0) is 15.5. The van der Waals surface area contributed by atoms with Gasteiger partial charge in [-0.05, 0) is 36.1 Å². The molecule has 1 atom stereocenters. The average molecular weight is 295 g/mol. The van der Waals surface area contributed by atoms with E-state index in [1.54, 1.807) is 32.9 Å². The van der Waals surface area contributed by atoms with Gasteiger partial charge in [-0.2, -0.15) is 5.26 Å². The molecule has 0 fully saturated rings. The molecule has 1 rings (SSSR count). The molecule has 6 heteroatoms. The molecule has 20 heavy (non-hydrogen) atoms. The molecule has 0 heterocycles. The molecule has 0 spiro atoms. The van der Waals surface area contributed by atoms with Crippen molar-refractivity contribution in [2.45, 2.75) is 31.8 Å². The number of carbonyl (C=O) groups is 1. The standard InChI is InChI=1S/C14H17NO4S/c1-9(2)13(14(16)17)20(18,19)8-12-5-4-11(7-15)6-10(12)3/h4-6,9,13H,8H2,1-3H3,(H,16,17). The molecule has 5 nitrogen and oxygen atoms in total. The van der Waals surface area contributed by atoms with Crippen LogP contribution < -0.4 is 0 Å². The molecule has 0 aliphatic carbocycles. The molecule has 0 aromatic heterocycles. The Kier molecular flexibility index (Phi) is 4.90. The normalized spacial score (nSPS) is 12.9. The number of carboxylic acid groups (broad SMARTS) is 1. The van der Waals surface area contributed by atoms with E-state index in [9.17, 15) is 13.2 Å². The minimum absolute atomic E-state index is 0.334. The van der Waals surface area contributed by atoms with Crippen LogP contribution in [0.4, 0.5) is 0 Å². The summed E-state index contributed by atoms with van der Waals surface area (Å²) < 4.78 is 24.5. The lowest BCUT2D eigenvalue weighted by Gasteiger charge is -2.17. The third-order valence-corrected chi connectivity index (χ3v) is 5.30. The number of aryl methyl sites for hydroxylation is 1. The highest BCUT2D eigenvalue weighted by atomic mass is 32.2. The first kappa shape index (κ1) is 16.2. The molecular formula is C14H17NO4S. The summed E-state index contributed by atoms with van der Waals surface area (Å²) in [5.41, 5.74) is 1.64. The highest BCUT2D eigenvalue weighted by Crippen LogP contribution is 2.20. The van der Waals surface area contributed by atoms with Crippen LogP contribution in [0.1, 0.15) is 30.5 Å². The van der Waals surface area contributed by atoms with Crippen LogP contribution in [0.3, 0.4) is 0 Å². The molecule has 1 N–H and O–H groups in total. The van der Waals surface area contributed by atoms with Crippen molar-refractivity contribution in [2.75, 3.05) is 0 Å². The second kappa shape index (κ2) is 6.06. The predicted octanol–water partition coefficient (Wildman–Crippen LogP) is 1.89. The molecule has 0 aliphatic heterocycles. The SMILES string of the molecule is Cc1cc(C#N)ccc1CS(=O)(=O)C(C(=O)O)C(C)C. The molecule has 1 aromatic carbocycles. The van der Waals surface area contributed by atoms with E-state index in [1.165, 1.54) is 6.07 Å². The van der Waals surface area contributed by atoms with Gasteiger partial charge < -0.3 is 5.11 Å². The van der Waals surface area contributed by atoms with Gasteiger partial charge in [-0.25, -0.2) is 8.42 Å². The molecule has 1 aromatic rings. The van der Waals surface area contributed by atoms with Gasteiger partial charge in [-0.15, -0.1) is 0 Å². The van der Waals surface area contributed by atoms with E-state index in [2.05, 4.69) is 0 Å². The van der Waals surface area contributed by atoms with E-state index in [0.29, 0.717) is 16.7 Å². The summed E-state index contributed by atoms with van der Waals surface area (Å²) in [6.07, 6.45) is 0. The van der Waals surface area contributed by atoms with Gasteiger partial charge >= 0.3 is 5.97 Å². The number of sulfone groups is 1. The van der Waals surface area contributed by atoms with Crippen LogP contribution in [0.5, 0.6) is 0 Å². The van der Waals surface area contributed by atoms with E-state index >= 15 is 0 Å². The van der Waals surface area contributed by atoms with Crippen LogP contribution in [-0.4, -0.2) is 24.7 Å². The van der Waals surface area contributed by atoms with Crippen molar-refractivity contribution in [1.29, 1.82) is 5.26 Å². The van der Waals surface area contributed by atoms with E-state index in [0.717, 1.165) is 0 Å². The van der Waals surface area contributed by atoms with Crippen LogP contribution >= 0.6 is 0 Å². The number of rotatable bonds is 5. The summed E-state index contributed by atoms with van der Waals surface area (Å²) in [7, 11) is -3.80. The molecule has 0 saturated carbocycles. The minimum Gasteiger partial charge on any atom is -0.480 e. The van der Waals surface area contributed by atoms with Gasteiger partial charge in [0.25, 0.3) is 0 Å². The fourth-order valence-electron chi connectivity index (χ4n) is 2.09. The maximum atomic E-state index is 12.2. The van der Waals surface area contributed by atoms with Gasteiger partial charge in [0.2, 0.25) is 0 Å². The molecule has 0 radical (unpaired) electrons.